The third-order valence-corrected chi connectivity index (χ3v) is 1.70. The first kappa shape index (κ1) is 13.4. The molecule has 2 N–H and O–H groups in total. The highest BCUT2D eigenvalue weighted by atomic mass is 16.5. The van der Waals surface area contributed by atoms with Crippen LogP contribution in [-0.2, 0) is 14.3 Å². The minimum atomic E-state index is -0.920. The lowest BCUT2D eigenvalue weighted by Crippen LogP contribution is -2.53. The van der Waals surface area contributed by atoms with Crippen molar-refractivity contribution in [2.24, 2.45) is 0 Å². The third kappa shape index (κ3) is 5.16. The first-order valence-electron chi connectivity index (χ1n) is 4.41. The van der Waals surface area contributed by atoms with Crippen LogP contribution in [0.4, 0.5) is 0 Å². The van der Waals surface area contributed by atoms with Gasteiger partial charge in [0.15, 0.2) is 0 Å². The Bertz CT molecular complexity index is 182. The summed E-state index contributed by atoms with van der Waals surface area (Å²) in [6.45, 7) is 4.34. The van der Waals surface area contributed by atoms with Crippen molar-refractivity contribution in [2.45, 2.75) is 25.4 Å². The second-order valence-corrected chi connectivity index (χ2v) is 3.81. The molecule has 1 unspecified atom stereocenters. The largest absolute Gasteiger partial charge is 0.480 e. The number of aliphatic carboxylic acids is 1. The standard InChI is InChI=1S/C9H19NO4/c1-9(2,6-14-4)10-7(5-13-3)8(11)12/h7,10H,5-6H2,1-4H3,(H,11,12). The average molecular weight is 205 g/mol. The van der Waals surface area contributed by atoms with Gasteiger partial charge in [-0.05, 0) is 13.8 Å². The summed E-state index contributed by atoms with van der Waals surface area (Å²) in [5, 5.41) is 11.8. The van der Waals surface area contributed by atoms with Gasteiger partial charge in [0.2, 0.25) is 0 Å². The number of hydrogen-bond donors (Lipinski definition) is 2. The number of methoxy groups -OCH3 is 2. The second-order valence-electron chi connectivity index (χ2n) is 3.81. The van der Waals surface area contributed by atoms with E-state index < -0.39 is 12.0 Å². The Kier molecular flexibility index (Phi) is 5.68. The van der Waals surface area contributed by atoms with E-state index in [1.807, 2.05) is 13.8 Å². The van der Waals surface area contributed by atoms with Gasteiger partial charge in [-0.1, -0.05) is 0 Å². The predicted molar refractivity (Wildman–Crippen MR) is 52.4 cm³/mol. The first-order valence-corrected chi connectivity index (χ1v) is 4.41. The molecule has 0 aromatic rings. The number of carbonyl (C=O) groups is 1. The van der Waals surface area contributed by atoms with Gasteiger partial charge < -0.3 is 14.6 Å². The van der Waals surface area contributed by atoms with Crippen molar-refractivity contribution in [1.29, 1.82) is 0 Å². The van der Waals surface area contributed by atoms with E-state index in [2.05, 4.69) is 5.32 Å². The average Bonchev–Trinajstić information content (AvgIpc) is 2.02. The summed E-state index contributed by atoms with van der Waals surface area (Å²) in [4.78, 5) is 10.8. The Hall–Kier alpha value is -0.650. The fourth-order valence-electron chi connectivity index (χ4n) is 1.22. The van der Waals surface area contributed by atoms with Crippen molar-refractivity contribution in [2.75, 3.05) is 27.4 Å². The highest BCUT2D eigenvalue weighted by Crippen LogP contribution is 2.04. The first-order chi connectivity index (χ1) is 6.43. The van der Waals surface area contributed by atoms with Gasteiger partial charge in [-0.25, -0.2) is 0 Å². The van der Waals surface area contributed by atoms with E-state index in [1.165, 1.54) is 7.11 Å². The molecule has 5 heteroatoms. The molecule has 84 valence electrons. The molecule has 0 amide bonds. The number of rotatable bonds is 7. The van der Waals surface area contributed by atoms with Gasteiger partial charge in [0.1, 0.15) is 6.04 Å². The molecule has 0 aliphatic carbocycles. The van der Waals surface area contributed by atoms with E-state index in [9.17, 15) is 4.79 Å². The molecule has 14 heavy (non-hydrogen) atoms. The molecule has 0 radical (unpaired) electrons. The summed E-state index contributed by atoms with van der Waals surface area (Å²) in [5.41, 5.74) is -0.379. The Balaban J connectivity index is 4.20. The minimum absolute atomic E-state index is 0.141. The molecular formula is C9H19NO4. The van der Waals surface area contributed by atoms with E-state index in [0.29, 0.717) is 6.61 Å². The Morgan fingerprint density at radius 2 is 2.00 bits per heavy atom. The van der Waals surface area contributed by atoms with Crippen LogP contribution in [0.15, 0.2) is 0 Å². The van der Waals surface area contributed by atoms with Gasteiger partial charge in [-0.15, -0.1) is 0 Å². The quantitative estimate of drug-likeness (QED) is 0.617. The van der Waals surface area contributed by atoms with Crippen LogP contribution in [0, 0.1) is 0 Å². The molecule has 5 nitrogen and oxygen atoms in total. The predicted octanol–water partition coefficient (Wildman–Crippen LogP) is 0.101. The molecule has 0 aliphatic heterocycles. The highest BCUT2D eigenvalue weighted by Gasteiger charge is 2.26. The van der Waals surface area contributed by atoms with E-state index in [1.54, 1.807) is 7.11 Å². The number of carboxylic acids is 1. The lowest BCUT2D eigenvalue weighted by Gasteiger charge is -2.28. The van der Waals surface area contributed by atoms with Crippen LogP contribution >= 0.6 is 0 Å². The summed E-state index contributed by atoms with van der Waals surface area (Å²) in [7, 11) is 3.05. The highest BCUT2D eigenvalue weighted by molar-refractivity contribution is 5.73. The smallest absolute Gasteiger partial charge is 0.323 e. The van der Waals surface area contributed by atoms with Gasteiger partial charge in [0, 0.05) is 19.8 Å². The van der Waals surface area contributed by atoms with E-state index in [-0.39, 0.29) is 12.1 Å². The van der Waals surface area contributed by atoms with Crippen LogP contribution in [0.25, 0.3) is 0 Å². The fourth-order valence-corrected chi connectivity index (χ4v) is 1.22. The summed E-state index contributed by atoms with van der Waals surface area (Å²) in [6, 6.07) is -0.704. The van der Waals surface area contributed by atoms with Crippen LogP contribution < -0.4 is 5.32 Å². The van der Waals surface area contributed by atoms with Crippen LogP contribution in [0.5, 0.6) is 0 Å². The molecule has 0 rings (SSSR count). The number of ether oxygens (including phenoxy) is 2. The van der Waals surface area contributed by atoms with Crippen molar-refractivity contribution < 1.29 is 19.4 Å². The lowest BCUT2D eigenvalue weighted by atomic mass is 10.1. The third-order valence-electron chi connectivity index (χ3n) is 1.70. The summed E-state index contributed by atoms with van der Waals surface area (Å²) in [5.74, 6) is -0.920. The second kappa shape index (κ2) is 5.95. The van der Waals surface area contributed by atoms with Gasteiger partial charge >= 0.3 is 5.97 Å². The lowest BCUT2D eigenvalue weighted by molar-refractivity contribution is -0.141. The molecule has 0 aromatic heterocycles. The van der Waals surface area contributed by atoms with Crippen molar-refractivity contribution in [1.82, 2.24) is 5.32 Å². The maximum Gasteiger partial charge on any atom is 0.323 e. The van der Waals surface area contributed by atoms with E-state index in [0.717, 1.165) is 0 Å². The van der Waals surface area contributed by atoms with Gasteiger partial charge in [-0.2, -0.15) is 0 Å². The summed E-state index contributed by atoms with van der Waals surface area (Å²) in [6.07, 6.45) is 0. The van der Waals surface area contributed by atoms with Crippen molar-refractivity contribution in [3.8, 4) is 0 Å². The SMILES string of the molecule is COCC(NC(C)(C)COC)C(=O)O. The summed E-state index contributed by atoms with van der Waals surface area (Å²) < 4.78 is 9.77. The fraction of sp³-hybridized carbons (Fsp3) is 0.889. The summed E-state index contributed by atoms with van der Waals surface area (Å²) >= 11 is 0. The number of nitrogens with one attached hydrogen (secondary N) is 1. The zero-order valence-corrected chi connectivity index (χ0v) is 9.16. The number of carboxylic acid groups (broad SMARTS) is 1. The molecular weight excluding hydrogens is 186 g/mol. The minimum Gasteiger partial charge on any atom is -0.480 e. The van der Waals surface area contributed by atoms with Crippen LogP contribution in [0.1, 0.15) is 13.8 Å². The molecule has 0 heterocycles. The molecule has 0 bridgehead atoms. The maximum atomic E-state index is 10.8. The van der Waals surface area contributed by atoms with Crippen molar-refractivity contribution in [3.63, 3.8) is 0 Å². The molecule has 0 saturated carbocycles. The molecule has 1 atom stereocenters. The number of hydrogen-bond acceptors (Lipinski definition) is 4. The molecule has 0 saturated heterocycles. The van der Waals surface area contributed by atoms with E-state index in [4.69, 9.17) is 14.6 Å². The maximum absolute atomic E-state index is 10.8. The zero-order valence-electron chi connectivity index (χ0n) is 9.16. The van der Waals surface area contributed by atoms with E-state index >= 15 is 0 Å². The van der Waals surface area contributed by atoms with Crippen molar-refractivity contribution in [3.05, 3.63) is 0 Å². The Morgan fingerprint density at radius 3 is 2.36 bits per heavy atom. The van der Waals surface area contributed by atoms with Gasteiger partial charge in [-0.3, -0.25) is 10.1 Å². The van der Waals surface area contributed by atoms with Crippen LogP contribution in [0.2, 0.25) is 0 Å². The molecule has 0 aliphatic rings. The van der Waals surface area contributed by atoms with Gasteiger partial charge in [0.25, 0.3) is 0 Å². The monoisotopic (exact) mass is 205 g/mol. The van der Waals surface area contributed by atoms with Gasteiger partial charge in [0.05, 0.1) is 13.2 Å². The van der Waals surface area contributed by atoms with Crippen LogP contribution in [-0.4, -0.2) is 50.1 Å². The normalized spacial score (nSPS) is 14.0. The van der Waals surface area contributed by atoms with Crippen molar-refractivity contribution >= 4 is 5.97 Å². The molecule has 0 fully saturated rings. The topological polar surface area (TPSA) is 67.8 Å². The molecule has 0 aromatic carbocycles. The molecule has 0 spiro atoms. The Labute approximate surface area is 84.4 Å². The Morgan fingerprint density at radius 1 is 1.43 bits per heavy atom. The van der Waals surface area contributed by atoms with Crippen LogP contribution in [0.3, 0.4) is 0 Å². The zero-order chi connectivity index (χ0) is 11.2.